The van der Waals surface area contributed by atoms with E-state index in [0.717, 1.165) is 18.5 Å². The Labute approximate surface area is 142 Å². The minimum Gasteiger partial charge on any atom is -0.326 e. The number of hydrogen-bond donors (Lipinski definition) is 3. The van der Waals surface area contributed by atoms with Crippen LogP contribution in [0, 0.1) is 0 Å². The van der Waals surface area contributed by atoms with Crippen molar-refractivity contribution in [1.82, 2.24) is 5.32 Å². The Bertz CT molecular complexity index is 696. The maximum absolute atomic E-state index is 12.5. The molecule has 0 saturated heterocycles. The molecule has 24 heavy (non-hydrogen) atoms. The highest BCUT2D eigenvalue weighted by Gasteiger charge is 2.11. The number of hydrogen-bond acceptors (Lipinski definition) is 3. The van der Waals surface area contributed by atoms with E-state index in [1.165, 1.54) is 0 Å². The molecule has 0 fully saturated rings. The van der Waals surface area contributed by atoms with Crippen LogP contribution in [0.5, 0.6) is 0 Å². The van der Waals surface area contributed by atoms with Gasteiger partial charge in [-0.2, -0.15) is 0 Å². The van der Waals surface area contributed by atoms with E-state index >= 15 is 0 Å². The molecule has 0 radical (unpaired) electrons. The molecule has 0 aliphatic carbocycles. The second kappa shape index (κ2) is 8.84. The number of likely N-dealkylation sites (N-methyl/N-ethyl adjacent to an activating group) is 1. The quantitative estimate of drug-likeness (QED) is 0.733. The Morgan fingerprint density at radius 3 is 2.17 bits per heavy atom. The summed E-state index contributed by atoms with van der Waals surface area (Å²) in [5.41, 5.74) is 3.10. The molecule has 126 valence electrons. The highest BCUT2D eigenvalue weighted by atomic mass is 16.2. The fourth-order valence-corrected chi connectivity index (χ4v) is 2.30. The van der Waals surface area contributed by atoms with Gasteiger partial charge < -0.3 is 16.0 Å². The molecular formula is C19H23N3O2. The molecule has 0 saturated carbocycles. The lowest BCUT2D eigenvalue weighted by Crippen LogP contribution is -2.17. The Morgan fingerprint density at radius 2 is 1.54 bits per heavy atom. The molecule has 0 aliphatic rings. The monoisotopic (exact) mass is 325 g/mol. The molecule has 2 aromatic carbocycles. The van der Waals surface area contributed by atoms with Crippen molar-refractivity contribution in [3.63, 3.8) is 0 Å². The van der Waals surface area contributed by atoms with Crippen molar-refractivity contribution in [2.24, 2.45) is 0 Å². The van der Waals surface area contributed by atoms with E-state index in [4.69, 9.17) is 0 Å². The molecule has 0 atom stereocenters. The molecule has 0 heterocycles. The summed E-state index contributed by atoms with van der Waals surface area (Å²) in [5.74, 6) is -0.169. The molecule has 0 spiro atoms. The van der Waals surface area contributed by atoms with Crippen molar-refractivity contribution >= 4 is 23.2 Å². The van der Waals surface area contributed by atoms with Crippen LogP contribution in [-0.4, -0.2) is 25.4 Å². The first-order valence-electron chi connectivity index (χ1n) is 8.07. The van der Waals surface area contributed by atoms with Gasteiger partial charge >= 0.3 is 0 Å². The first kappa shape index (κ1) is 17.7. The highest BCUT2D eigenvalue weighted by molar-refractivity contribution is 6.05. The zero-order valence-corrected chi connectivity index (χ0v) is 14.1. The third kappa shape index (κ3) is 4.93. The van der Waals surface area contributed by atoms with Crippen LogP contribution < -0.4 is 16.0 Å². The summed E-state index contributed by atoms with van der Waals surface area (Å²) in [7, 11) is 1.89. The Kier molecular flexibility index (Phi) is 6.51. The topological polar surface area (TPSA) is 70.2 Å². The summed E-state index contributed by atoms with van der Waals surface area (Å²) in [5, 5.41) is 8.77. The molecule has 2 aromatic rings. The van der Waals surface area contributed by atoms with Gasteiger partial charge in [0.2, 0.25) is 5.91 Å². The second-order valence-electron chi connectivity index (χ2n) is 5.44. The average molecular weight is 325 g/mol. The van der Waals surface area contributed by atoms with Gasteiger partial charge in [-0.05, 0) is 55.9 Å². The zero-order chi connectivity index (χ0) is 17.4. The smallest absolute Gasteiger partial charge is 0.255 e. The van der Waals surface area contributed by atoms with Crippen LogP contribution in [0.1, 0.15) is 29.3 Å². The fourth-order valence-electron chi connectivity index (χ4n) is 2.30. The molecule has 0 aliphatic heterocycles. The first-order valence-corrected chi connectivity index (χ1v) is 8.07. The Morgan fingerprint density at radius 1 is 0.917 bits per heavy atom. The maximum atomic E-state index is 12.5. The highest BCUT2D eigenvalue weighted by Crippen LogP contribution is 2.16. The zero-order valence-electron chi connectivity index (χ0n) is 14.1. The lowest BCUT2D eigenvalue weighted by molar-refractivity contribution is -0.115. The molecular weight excluding hydrogens is 302 g/mol. The maximum Gasteiger partial charge on any atom is 0.255 e. The van der Waals surface area contributed by atoms with Crippen molar-refractivity contribution in [3.05, 3.63) is 59.7 Å². The molecule has 5 nitrogen and oxygen atoms in total. The number of rotatable bonds is 7. The molecule has 0 unspecified atom stereocenters. The normalized spacial score (nSPS) is 10.2. The minimum absolute atomic E-state index is 0.0368. The Balaban J connectivity index is 2.06. The minimum atomic E-state index is -0.132. The van der Waals surface area contributed by atoms with E-state index in [0.29, 0.717) is 23.4 Å². The van der Waals surface area contributed by atoms with E-state index in [1.807, 2.05) is 31.3 Å². The Hall–Kier alpha value is -2.66. The molecule has 3 N–H and O–H groups in total. The van der Waals surface area contributed by atoms with E-state index < -0.39 is 0 Å². The van der Waals surface area contributed by atoms with Crippen molar-refractivity contribution in [2.45, 2.75) is 19.8 Å². The predicted octanol–water partition coefficient (Wildman–Crippen LogP) is 3.05. The van der Waals surface area contributed by atoms with Gasteiger partial charge in [0.05, 0.1) is 0 Å². The lowest BCUT2D eigenvalue weighted by Gasteiger charge is -2.11. The van der Waals surface area contributed by atoms with Crippen LogP contribution in [0.15, 0.2) is 48.5 Å². The third-order valence-corrected chi connectivity index (χ3v) is 3.65. The molecule has 0 bridgehead atoms. The molecule has 5 heteroatoms. The molecule has 2 rings (SSSR count). The van der Waals surface area contributed by atoms with Crippen LogP contribution in [0.3, 0.4) is 0 Å². The second-order valence-corrected chi connectivity index (χ2v) is 5.44. The van der Waals surface area contributed by atoms with E-state index in [-0.39, 0.29) is 11.8 Å². The van der Waals surface area contributed by atoms with E-state index in [2.05, 4.69) is 16.0 Å². The summed E-state index contributed by atoms with van der Waals surface area (Å²) in [4.78, 5) is 23.9. The van der Waals surface area contributed by atoms with Crippen LogP contribution in [0.2, 0.25) is 0 Å². The van der Waals surface area contributed by atoms with Gasteiger partial charge in [-0.3, -0.25) is 9.59 Å². The van der Waals surface area contributed by atoms with Gasteiger partial charge in [-0.15, -0.1) is 0 Å². The SMILES string of the molecule is CCC(=O)Nc1ccc(NC(=O)c2ccccc2CCNC)cc1. The van der Waals surface area contributed by atoms with E-state index in [9.17, 15) is 9.59 Å². The van der Waals surface area contributed by atoms with Crippen LogP contribution in [0.4, 0.5) is 11.4 Å². The average Bonchev–Trinajstić information content (AvgIpc) is 2.61. The van der Waals surface area contributed by atoms with Gasteiger partial charge in [0.15, 0.2) is 0 Å². The van der Waals surface area contributed by atoms with Gasteiger partial charge in [-0.25, -0.2) is 0 Å². The summed E-state index contributed by atoms with van der Waals surface area (Å²) in [6.07, 6.45) is 1.23. The van der Waals surface area contributed by atoms with Gasteiger partial charge in [0.25, 0.3) is 5.91 Å². The summed E-state index contributed by atoms with van der Waals surface area (Å²) >= 11 is 0. The number of benzene rings is 2. The summed E-state index contributed by atoms with van der Waals surface area (Å²) in [6.45, 7) is 2.62. The number of carbonyl (C=O) groups excluding carboxylic acids is 2. The number of carbonyl (C=O) groups is 2. The number of anilines is 2. The predicted molar refractivity (Wildman–Crippen MR) is 97.4 cm³/mol. The fraction of sp³-hybridized carbons (Fsp3) is 0.263. The van der Waals surface area contributed by atoms with Crippen LogP contribution in [-0.2, 0) is 11.2 Å². The van der Waals surface area contributed by atoms with Crippen molar-refractivity contribution < 1.29 is 9.59 Å². The standard InChI is InChI=1S/C19H23N3O2/c1-3-18(23)21-15-8-10-16(11-9-15)22-19(24)17-7-5-4-6-14(17)12-13-20-2/h4-11,20H,3,12-13H2,1-2H3,(H,21,23)(H,22,24). The van der Waals surface area contributed by atoms with Gasteiger partial charge in [0.1, 0.15) is 0 Å². The van der Waals surface area contributed by atoms with Gasteiger partial charge in [-0.1, -0.05) is 25.1 Å². The third-order valence-electron chi connectivity index (χ3n) is 3.65. The first-order chi connectivity index (χ1) is 11.6. The molecule has 2 amide bonds. The van der Waals surface area contributed by atoms with E-state index in [1.54, 1.807) is 31.2 Å². The largest absolute Gasteiger partial charge is 0.326 e. The van der Waals surface area contributed by atoms with Crippen LogP contribution in [0.25, 0.3) is 0 Å². The summed E-state index contributed by atoms with van der Waals surface area (Å²) in [6, 6.07) is 14.7. The van der Waals surface area contributed by atoms with Crippen molar-refractivity contribution in [3.8, 4) is 0 Å². The number of nitrogens with one attached hydrogen (secondary N) is 3. The number of amides is 2. The van der Waals surface area contributed by atoms with Crippen molar-refractivity contribution in [1.29, 1.82) is 0 Å². The summed E-state index contributed by atoms with van der Waals surface area (Å²) < 4.78 is 0. The van der Waals surface area contributed by atoms with Crippen molar-refractivity contribution in [2.75, 3.05) is 24.2 Å². The van der Waals surface area contributed by atoms with Crippen LogP contribution >= 0.6 is 0 Å². The van der Waals surface area contributed by atoms with Gasteiger partial charge in [0, 0.05) is 23.4 Å². The molecule has 0 aromatic heterocycles. The lowest BCUT2D eigenvalue weighted by atomic mass is 10.0.